The Morgan fingerprint density at radius 3 is 2.61 bits per heavy atom. The fourth-order valence-corrected chi connectivity index (χ4v) is 3.05. The van der Waals surface area contributed by atoms with Crippen LogP contribution in [0.25, 0.3) is 6.08 Å². The molecule has 2 aromatic rings. The van der Waals surface area contributed by atoms with E-state index in [9.17, 15) is 13.2 Å². The molecule has 0 atom stereocenters. The Morgan fingerprint density at radius 1 is 1.14 bits per heavy atom. The summed E-state index contributed by atoms with van der Waals surface area (Å²) >= 11 is 0. The lowest BCUT2D eigenvalue weighted by atomic mass is 10.1. The molecule has 1 heterocycles. The Kier molecular flexibility index (Phi) is 5.51. The number of carbonyl (C=O) groups is 1. The summed E-state index contributed by atoms with van der Waals surface area (Å²) in [5, 5.41) is 0. The van der Waals surface area contributed by atoms with Gasteiger partial charge in [0.25, 0.3) is 0 Å². The van der Waals surface area contributed by atoms with E-state index in [1.807, 2.05) is 31.2 Å². The van der Waals surface area contributed by atoms with Gasteiger partial charge in [-0.15, -0.1) is 0 Å². The van der Waals surface area contributed by atoms with E-state index < -0.39 is 16.1 Å². The largest absolute Gasteiger partial charge is 0.490 e. The van der Waals surface area contributed by atoms with Crippen molar-refractivity contribution in [1.82, 2.24) is 0 Å². The molecule has 1 aliphatic rings. The zero-order chi connectivity index (χ0) is 20.3. The van der Waals surface area contributed by atoms with E-state index in [-0.39, 0.29) is 23.1 Å². The van der Waals surface area contributed by atoms with Crippen LogP contribution >= 0.6 is 0 Å². The maximum atomic E-state index is 12.2. The molecule has 1 aliphatic heterocycles. The number of benzene rings is 2. The number of esters is 1. The van der Waals surface area contributed by atoms with E-state index >= 15 is 0 Å². The highest BCUT2D eigenvalue weighted by atomic mass is 32.2. The first-order chi connectivity index (χ1) is 13.2. The van der Waals surface area contributed by atoms with Crippen molar-refractivity contribution in [2.24, 2.45) is 4.99 Å². The molecule has 0 bridgehead atoms. The number of rotatable bonds is 6. The van der Waals surface area contributed by atoms with Crippen LogP contribution in [0, 0.1) is 6.92 Å². The molecule has 0 N–H and O–H groups in total. The molecule has 0 saturated carbocycles. The van der Waals surface area contributed by atoms with E-state index in [0.29, 0.717) is 17.7 Å². The summed E-state index contributed by atoms with van der Waals surface area (Å²) in [7, 11) is -3.69. The minimum atomic E-state index is -3.69. The van der Waals surface area contributed by atoms with Gasteiger partial charge in [0.2, 0.25) is 5.90 Å². The number of hydrogen-bond acceptors (Lipinski definition) is 7. The molecule has 28 heavy (non-hydrogen) atoms. The number of nitrogens with zero attached hydrogens (tertiary/aromatic N) is 1. The third-order valence-electron chi connectivity index (χ3n) is 3.70. The first kappa shape index (κ1) is 19.6. The third kappa shape index (κ3) is 4.77. The van der Waals surface area contributed by atoms with Crippen LogP contribution in [0.1, 0.15) is 23.6 Å². The molecule has 0 radical (unpaired) electrons. The van der Waals surface area contributed by atoms with Gasteiger partial charge in [-0.3, -0.25) is 0 Å². The van der Waals surface area contributed by atoms with Gasteiger partial charge in [-0.25, -0.2) is 9.79 Å². The van der Waals surface area contributed by atoms with Crippen LogP contribution < -0.4 is 8.92 Å². The smallest absolute Gasteiger partial charge is 0.363 e. The predicted molar refractivity (Wildman–Crippen MR) is 105 cm³/mol. The molecule has 0 aromatic heterocycles. The van der Waals surface area contributed by atoms with Crippen molar-refractivity contribution in [3.63, 3.8) is 0 Å². The minimum Gasteiger partial charge on any atom is -0.490 e. The lowest BCUT2D eigenvalue weighted by Gasteiger charge is -2.10. The highest BCUT2D eigenvalue weighted by molar-refractivity contribution is 7.86. The molecule has 2 aromatic carbocycles. The SMILES string of the molecule is CCOc1cc(/C=C2\N=C(c3cccc(C)c3)OC2=O)ccc1OS(C)(=O)=O. The van der Waals surface area contributed by atoms with Gasteiger partial charge in [0, 0.05) is 5.56 Å². The van der Waals surface area contributed by atoms with Gasteiger partial charge in [-0.05, 0) is 49.8 Å². The van der Waals surface area contributed by atoms with Crippen LogP contribution in [-0.2, 0) is 19.6 Å². The molecular formula is C20H19NO6S. The van der Waals surface area contributed by atoms with Crippen LogP contribution in [0.3, 0.4) is 0 Å². The molecule has 7 nitrogen and oxygen atoms in total. The van der Waals surface area contributed by atoms with Gasteiger partial charge in [0.1, 0.15) is 0 Å². The van der Waals surface area contributed by atoms with Crippen molar-refractivity contribution < 1.29 is 26.9 Å². The number of aliphatic imine (C=N–C) groups is 1. The van der Waals surface area contributed by atoms with E-state index in [4.69, 9.17) is 13.7 Å². The second kappa shape index (κ2) is 7.85. The van der Waals surface area contributed by atoms with Crippen molar-refractivity contribution in [3.8, 4) is 11.5 Å². The summed E-state index contributed by atoms with van der Waals surface area (Å²) in [6, 6.07) is 12.1. The first-order valence-corrected chi connectivity index (χ1v) is 10.3. The molecule has 0 unspecified atom stereocenters. The van der Waals surface area contributed by atoms with Crippen molar-refractivity contribution in [2.75, 3.05) is 12.9 Å². The summed E-state index contributed by atoms with van der Waals surface area (Å²) < 4.78 is 38.4. The standard InChI is InChI=1S/C20H19NO6S/c1-4-25-18-12-14(8-9-17(18)27-28(3,23)24)11-16-20(22)26-19(21-16)15-7-5-6-13(2)10-15/h5-12H,4H2,1-3H3/b16-11-. The zero-order valence-corrected chi connectivity index (χ0v) is 16.4. The van der Waals surface area contributed by atoms with Gasteiger partial charge in [-0.2, -0.15) is 8.42 Å². The topological polar surface area (TPSA) is 91.3 Å². The van der Waals surface area contributed by atoms with Gasteiger partial charge < -0.3 is 13.7 Å². The summed E-state index contributed by atoms with van der Waals surface area (Å²) in [6.07, 6.45) is 2.49. The van der Waals surface area contributed by atoms with Crippen molar-refractivity contribution in [3.05, 3.63) is 64.9 Å². The average Bonchev–Trinajstić information content (AvgIpc) is 2.97. The molecule has 8 heteroatoms. The Bertz CT molecular complexity index is 1090. The molecule has 0 saturated heterocycles. The second-order valence-corrected chi connectivity index (χ2v) is 7.71. The van der Waals surface area contributed by atoms with Crippen LogP contribution in [0.2, 0.25) is 0 Å². The Morgan fingerprint density at radius 2 is 1.93 bits per heavy atom. The Hall–Kier alpha value is -3.13. The van der Waals surface area contributed by atoms with Crippen molar-refractivity contribution >= 4 is 28.1 Å². The number of cyclic esters (lactones) is 1. The van der Waals surface area contributed by atoms with Crippen LogP contribution in [0.15, 0.2) is 53.2 Å². The van der Waals surface area contributed by atoms with Crippen molar-refractivity contribution in [2.45, 2.75) is 13.8 Å². The third-order valence-corrected chi connectivity index (χ3v) is 4.18. The maximum absolute atomic E-state index is 12.2. The predicted octanol–water partition coefficient (Wildman–Crippen LogP) is 3.08. The molecule has 3 rings (SSSR count). The van der Waals surface area contributed by atoms with Gasteiger partial charge in [-0.1, -0.05) is 23.8 Å². The first-order valence-electron chi connectivity index (χ1n) is 8.51. The lowest BCUT2D eigenvalue weighted by molar-refractivity contribution is -0.129. The van der Waals surface area contributed by atoms with Gasteiger partial charge in [0.15, 0.2) is 17.2 Å². The maximum Gasteiger partial charge on any atom is 0.363 e. The quantitative estimate of drug-likeness (QED) is 0.420. The number of carbonyl (C=O) groups excluding carboxylic acids is 1. The Labute approximate surface area is 163 Å². The normalized spacial score (nSPS) is 15.3. The van der Waals surface area contributed by atoms with Gasteiger partial charge in [0.05, 0.1) is 12.9 Å². The highest BCUT2D eigenvalue weighted by Crippen LogP contribution is 2.31. The fraction of sp³-hybridized carbons (Fsp3) is 0.200. The van der Waals surface area contributed by atoms with Crippen LogP contribution in [-0.4, -0.2) is 33.1 Å². The molecule has 0 aliphatic carbocycles. The molecule has 0 spiro atoms. The summed E-state index contributed by atoms with van der Waals surface area (Å²) in [4.78, 5) is 16.4. The van der Waals surface area contributed by atoms with Crippen LogP contribution in [0.5, 0.6) is 11.5 Å². The summed E-state index contributed by atoms with van der Waals surface area (Å²) in [6.45, 7) is 4.02. The Balaban J connectivity index is 1.94. The van der Waals surface area contributed by atoms with Crippen molar-refractivity contribution in [1.29, 1.82) is 0 Å². The molecule has 0 amide bonds. The number of ether oxygens (including phenoxy) is 2. The molecular weight excluding hydrogens is 382 g/mol. The van der Waals surface area contributed by atoms with Gasteiger partial charge >= 0.3 is 16.1 Å². The minimum absolute atomic E-state index is 0.0736. The fourth-order valence-electron chi connectivity index (χ4n) is 2.58. The van der Waals surface area contributed by atoms with E-state index in [1.54, 1.807) is 19.1 Å². The number of aryl methyl sites for hydroxylation is 1. The second-order valence-electron chi connectivity index (χ2n) is 6.13. The summed E-state index contributed by atoms with van der Waals surface area (Å²) in [5.41, 5.74) is 2.46. The van der Waals surface area contributed by atoms with E-state index in [2.05, 4.69) is 4.99 Å². The summed E-state index contributed by atoms with van der Waals surface area (Å²) in [5.74, 6) is -0.00563. The average molecular weight is 401 g/mol. The van der Waals surface area contributed by atoms with Crippen LogP contribution in [0.4, 0.5) is 0 Å². The van der Waals surface area contributed by atoms with E-state index in [1.165, 1.54) is 12.1 Å². The lowest BCUT2D eigenvalue weighted by Crippen LogP contribution is -2.07. The highest BCUT2D eigenvalue weighted by Gasteiger charge is 2.24. The monoisotopic (exact) mass is 401 g/mol. The van der Waals surface area contributed by atoms with E-state index in [0.717, 1.165) is 11.8 Å². The molecule has 146 valence electrons. The molecule has 0 fully saturated rings. The zero-order valence-electron chi connectivity index (χ0n) is 15.6. The number of hydrogen-bond donors (Lipinski definition) is 0.